The van der Waals surface area contributed by atoms with Gasteiger partial charge in [-0.1, -0.05) is 50.2 Å². The van der Waals surface area contributed by atoms with Crippen LogP contribution in [0.4, 0.5) is 0 Å². The van der Waals surface area contributed by atoms with Gasteiger partial charge in [0.1, 0.15) is 11.5 Å². The van der Waals surface area contributed by atoms with E-state index >= 15 is 0 Å². The van der Waals surface area contributed by atoms with Gasteiger partial charge in [0.25, 0.3) is 0 Å². The highest BCUT2D eigenvalue weighted by atomic mass is 16.5. The summed E-state index contributed by atoms with van der Waals surface area (Å²) in [6, 6.07) is 16.9. The molecule has 0 saturated heterocycles. The summed E-state index contributed by atoms with van der Waals surface area (Å²) < 4.78 is 6.10. The first-order chi connectivity index (χ1) is 11.7. The molecule has 1 aliphatic rings. The first-order valence-corrected chi connectivity index (χ1v) is 8.99. The zero-order chi connectivity index (χ0) is 16.9. The van der Waals surface area contributed by atoms with Crippen molar-refractivity contribution in [1.82, 2.24) is 9.80 Å². The fourth-order valence-corrected chi connectivity index (χ4v) is 3.46. The Morgan fingerprint density at radius 1 is 0.833 bits per heavy atom. The Morgan fingerprint density at radius 2 is 1.38 bits per heavy atom. The van der Waals surface area contributed by atoms with Gasteiger partial charge < -0.3 is 14.5 Å². The summed E-state index contributed by atoms with van der Waals surface area (Å²) in [7, 11) is 2.23. The van der Waals surface area contributed by atoms with Gasteiger partial charge >= 0.3 is 0 Å². The zero-order valence-electron chi connectivity index (χ0n) is 15.0. The molecule has 24 heavy (non-hydrogen) atoms. The van der Waals surface area contributed by atoms with Crippen molar-refractivity contribution in [1.29, 1.82) is 0 Å². The smallest absolute Gasteiger partial charge is 0.131 e. The second-order valence-corrected chi connectivity index (χ2v) is 6.52. The number of rotatable bonds is 7. The first kappa shape index (κ1) is 17.0. The predicted octanol–water partition coefficient (Wildman–Crippen LogP) is 4.20. The van der Waals surface area contributed by atoms with Crippen LogP contribution in [0.5, 0.6) is 11.5 Å². The molecule has 1 aliphatic heterocycles. The number of hydrogen-bond donors (Lipinski definition) is 0. The lowest BCUT2D eigenvalue weighted by atomic mass is 9.87. The van der Waals surface area contributed by atoms with Crippen LogP contribution in [0.2, 0.25) is 0 Å². The van der Waals surface area contributed by atoms with E-state index in [1.165, 1.54) is 11.1 Å². The highest BCUT2D eigenvalue weighted by molar-refractivity contribution is 5.53. The molecular weight excluding hydrogens is 296 g/mol. The molecule has 0 fully saturated rings. The van der Waals surface area contributed by atoms with Crippen LogP contribution in [-0.2, 0) is 0 Å². The summed E-state index contributed by atoms with van der Waals surface area (Å²) in [6.07, 6.45) is 0. The Kier molecular flexibility index (Phi) is 5.54. The summed E-state index contributed by atoms with van der Waals surface area (Å²) >= 11 is 0. The van der Waals surface area contributed by atoms with Gasteiger partial charge in [0.05, 0.1) is 0 Å². The molecule has 0 saturated carbocycles. The second kappa shape index (κ2) is 7.82. The molecule has 1 heterocycles. The Balaban J connectivity index is 1.77. The van der Waals surface area contributed by atoms with E-state index in [2.05, 4.69) is 67.1 Å². The van der Waals surface area contributed by atoms with E-state index in [0.29, 0.717) is 5.92 Å². The highest BCUT2D eigenvalue weighted by Gasteiger charge is 2.27. The molecule has 3 nitrogen and oxygen atoms in total. The molecule has 2 aromatic carbocycles. The third-order valence-electron chi connectivity index (χ3n) is 5.00. The van der Waals surface area contributed by atoms with Crippen molar-refractivity contribution < 1.29 is 4.74 Å². The van der Waals surface area contributed by atoms with Gasteiger partial charge in [-0.15, -0.1) is 0 Å². The van der Waals surface area contributed by atoms with Crippen LogP contribution in [0.15, 0.2) is 48.5 Å². The van der Waals surface area contributed by atoms with Gasteiger partial charge in [0.15, 0.2) is 0 Å². The number of para-hydroxylation sites is 2. The summed E-state index contributed by atoms with van der Waals surface area (Å²) in [5.41, 5.74) is 2.59. The molecule has 0 bridgehead atoms. The first-order valence-electron chi connectivity index (χ1n) is 8.99. The molecule has 0 radical (unpaired) electrons. The van der Waals surface area contributed by atoms with Gasteiger partial charge in [0.2, 0.25) is 0 Å². The van der Waals surface area contributed by atoms with Crippen LogP contribution in [0, 0.1) is 0 Å². The molecule has 2 aromatic rings. The largest absolute Gasteiger partial charge is 0.457 e. The molecule has 0 atom stereocenters. The molecule has 0 spiro atoms. The average Bonchev–Trinajstić information content (AvgIpc) is 2.62. The number of hydrogen-bond acceptors (Lipinski definition) is 3. The van der Waals surface area contributed by atoms with Crippen LogP contribution in [0.1, 0.15) is 30.9 Å². The van der Waals surface area contributed by atoms with Crippen molar-refractivity contribution in [2.45, 2.75) is 19.8 Å². The fourth-order valence-electron chi connectivity index (χ4n) is 3.46. The highest BCUT2D eigenvalue weighted by Crippen LogP contribution is 2.43. The van der Waals surface area contributed by atoms with Crippen LogP contribution in [0.3, 0.4) is 0 Å². The van der Waals surface area contributed by atoms with Crippen molar-refractivity contribution in [3.63, 3.8) is 0 Å². The lowest BCUT2D eigenvalue weighted by Crippen LogP contribution is -2.35. The molecule has 0 unspecified atom stereocenters. The molecule has 0 aliphatic carbocycles. The van der Waals surface area contributed by atoms with Crippen molar-refractivity contribution in [2.24, 2.45) is 0 Å². The average molecular weight is 324 g/mol. The van der Waals surface area contributed by atoms with E-state index in [0.717, 1.165) is 44.2 Å². The third kappa shape index (κ3) is 3.63. The van der Waals surface area contributed by atoms with Crippen LogP contribution in [0.25, 0.3) is 0 Å². The van der Waals surface area contributed by atoms with E-state index in [4.69, 9.17) is 4.74 Å². The molecule has 3 heteroatoms. The van der Waals surface area contributed by atoms with E-state index < -0.39 is 0 Å². The maximum atomic E-state index is 6.10. The molecule has 0 aromatic heterocycles. The standard InChI is InChI=1S/C21H28N2O/c1-4-23(5-2)15-14-22(3)16-19-17-10-6-8-12-20(17)24-21-13-9-7-11-18(19)21/h6-13,19H,4-5,14-16H2,1-3H3. The molecule has 3 rings (SSSR count). The second-order valence-electron chi connectivity index (χ2n) is 6.52. The van der Waals surface area contributed by atoms with Crippen molar-refractivity contribution in [3.05, 3.63) is 59.7 Å². The molecule has 128 valence electrons. The van der Waals surface area contributed by atoms with Crippen LogP contribution < -0.4 is 4.74 Å². The number of likely N-dealkylation sites (N-methyl/N-ethyl adjacent to an activating group) is 2. The van der Waals surface area contributed by atoms with E-state index in [1.807, 2.05) is 12.1 Å². The zero-order valence-corrected chi connectivity index (χ0v) is 15.0. The lowest BCUT2D eigenvalue weighted by molar-refractivity contribution is 0.235. The van der Waals surface area contributed by atoms with Crippen LogP contribution in [-0.4, -0.2) is 49.6 Å². The molecule has 0 amide bonds. The third-order valence-corrected chi connectivity index (χ3v) is 5.00. The Bertz CT molecular complexity index is 621. The van der Waals surface area contributed by atoms with Gasteiger partial charge in [-0.2, -0.15) is 0 Å². The Hall–Kier alpha value is -1.84. The van der Waals surface area contributed by atoms with Crippen molar-refractivity contribution in [2.75, 3.05) is 39.8 Å². The summed E-state index contributed by atoms with van der Waals surface area (Å²) in [5, 5.41) is 0. The van der Waals surface area contributed by atoms with Gasteiger partial charge in [-0.3, -0.25) is 0 Å². The topological polar surface area (TPSA) is 15.7 Å². The van der Waals surface area contributed by atoms with Gasteiger partial charge in [0, 0.05) is 36.7 Å². The molecular formula is C21H28N2O. The predicted molar refractivity (Wildman–Crippen MR) is 100 cm³/mol. The van der Waals surface area contributed by atoms with Crippen molar-refractivity contribution >= 4 is 0 Å². The normalized spacial score (nSPS) is 13.7. The number of benzene rings is 2. The Morgan fingerprint density at radius 3 is 1.92 bits per heavy atom. The fraction of sp³-hybridized carbons (Fsp3) is 0.429. The van der Waals surface area contributed by atoms with Gasteiger partial charge in [-0.25, -0.2) is 0 Å². The van der Waals surface area contributed by atoms with E-state index in [-0.39, 0.29) is 0 Å². The van der Waals surface area contributed by atoms with E-state index in [1.54, 1.807) is 0 Å². The number of ether oxygens (including phenoxy) is 1. The lowest BCUT2D eigenvalue weighted by Gasteiger charge is -2.32. The monoisotopic (exact) mass is 324 g/mol. The minimum absolute atomic E-state index is 0.368. The number of fused-ring (bicyclic) bond motifs is 2. The number of nitrogens with zero attached hydrogens (tertiary/aromatic N) is 2. The quantitative estimate of drug-likeness (QED) is 0.759. The summed E-state index contributed by atoms with van der Waals surface area (Å²) in [6.45, 7) is 9.92. The van der Waals surface area contributed by atoms with E-state index in [9.17, 15) is 0 Å². The summed E-state index contributed by atoms with van der Waals surface area (Å²) in [5.74, 6) is 2.37. The minimum atomic E-state index is 0.368. The van der Waals surface area contributed by atoms with Gasteiger partial charge in [-0.05, 0) is 32.3 Å². The summed E-state index contributed by atoms with van der Waals surface area (Å²) in [4.78, 5) is 4.92. The maximum absolute atomic E-state index is 6.10. The maximum Gasteiger partial charge on any atom is 0.131 e. The molecule has 0 N–H and O–H groups in total. The minimum Gasteiger partial charge on any atom is -0.457 e. The Labute approximate surface area is 145 Å². The SMILES string of the molecule is CCN(CC)CCN(C)CC1c2ccccc2Oc2ccccc21. The van der Waals surface area contributed by atoms with Crippen molar-refractivity contribution in [3.8, 4) is 11.5 Å². The van der Waals surface area contributed by atoms with Crippen LogP contribution >= 0.6 is 0 Å².